The largest absolute Gasteiger partial charge is 0.338 e. The predicted molar refractivity (Wildman–Crippen MR) is 68.9 cm³/mol. The van der Waals surface area contributed by atoms with Crippen molar-refractivity contribution < 1.29 is 4.39 Å². The Bertz CT molecular complexity index is 521. The van der Waals surface area contributed by atoms with Gasteiger partial charge in [0.15, 0.2) is 0 Å². The first-order valence-electron chi connectivity index (χ1n) is 5.59. The van der Waals surface area contributed by atoms with Gasteiger partial charge in [-0.15, -0.1) is 0 Å². The quantitative estimate of drug-likeness (QED) is 0.570. The molecule has 0 unspecified atom stereocenters. The number of aromatic nitrogens is 2. The van der Waals surface area contributed by atoms with Crippen molar-refractivity contribution in [2.75, 3.05) is 10.7 Å². The lowest BCUT2D eigenvalue weighted by atomic mass is 10.3. The van der Waals surface area contributed by atoms with E-state index in [-0.39, 0.29) is 5.82 Å². The van der Waals surface area contributed by atoms with Gasteiger partial charge < -0.3 is 10.7 Å². The molecule has 5 nitrogen and oxygen atoms in total. The number of nitrogens with one attached hydrogen (secondary N) is 2. The van der Waals surface area contributed by atoms with Crippen molar-refractivity contribution in [3.63, 3.8) is 0 Å². The van der Waals surface area contributed by atoms with Crippen LogP contribution in [-0.2, 0) is 6.42 Å². The summed E-state index contributed by atoms with van der Waals surface area (Å²) in [5.41, 5.74) is 2.82. The molecule has 0 saturated carbocycles. The second kappa shape index (κ2) is 5.42. The smallest absolute Gasteiger partial charge is 0.146 e. The van der Waals surface area contributed by atoms with Gasteiger partial charge in [0.05, 0.1) is 5.69 Å². The van der Waals surface area contributed by atoms with Crippen LogP contribution in [0.5, 0.6) is 0 Å². The summed E-state index contributed by atoms with van der Waals surface area (Å²) >= 11 is 0. The molecule has 0 saturated heterocycles. The van der Waals surface area contributed by atoms with Crippen LogP contribution in [0.2, 0.25) is 0 Å². The van der Waals surface area contributed by atoms with E-state index in [9.17, 15) is 4.39 Å². The number of hydrogen-bond donors (Lipinski definition) is 3. The van der Waals surface area contributed by atoms with E-state index in [1.54, 1.807) is 24.3 Å². The van der Waals surface area contributed by atoms with Crippen LogP contribution < -0.4 is 16.6 Å². The lowest BCUT2D eigenvalue weighted by Gasteiger charge is -2.09. The van der Waals surface area contributed by atoms with E-state index in [4.69, 9.17) is 5.84 Å². The molecule has 4 N–H and O–H groups in total. The zero-order valence-electron chi connectivity index (χ0n) is 9.94. The SMILES string of the molecule is CCc1nc(NN)cc(Nc2ccccc2F)n1. The van der Waals surface area contributed by atoms with E-state index < -0.39 is 0 Å². The summed E-state index contributed by atoms with van der Waals surface area (Å²) in [5.74, 6) is 6.60. The maximum absolute atomic E-state index is 13.5. The van der Waals surface area contributed by atoms with E-state index in [0.717, 1.165) is 0 Å². The number of halogens is 1. The lowest BCUT2D eigenvalue weighted by molar-refractivity contribution is 0.632. The van der Waals surface area contributed by atoms with Gasteiger partial charge in [-0.05, 0) is 12.1 Å². The number of nitrogens with two attached hydrogens (primary N) is 1. The molecule has 0 atom stereocenters. The molecule has 1 aromatic heterocycles. The fraction of sp³-hybridized carbons (Fsp3) is 0.167. The van der Waals surface area contributed by atoms with Crippen LogP contribution >= 0.6 is 0 Å². The van der Waals surface area contributed by atoms with Gasteiger partial charge in [0, 0.05) is 12.5 Å². The highest BCUT2D eigenvalue weighted by atomic mass is 19.1. The van der Waals surface area contributed by atoms with Crippen LogP contribution in [0.1, 0.15) is 12.7 Å². The summed E-state index contributed by atoms with van der Waals surface area (Å²) in [6.45, 7) is 1.93. The minimum absolute atomic E-state index is 0.337. The van der Waals surface area contributed by atoms with Crippen LogP contribution in [0.4, 0.5) is 21.7 Å². The number of benzene rings is 1. The molecule has 2 aromatic rings. The molecule has 0 spiro atoms. The van der Waals surface area contributed by atoms with Crippen molar-refractivity contribution in [2.24, 2.45) is 5.84 Å². The highest BCUT2D eigenvalue weighted by Gasteiger charge is 2.05. The van der Waals surface area contributed by atoms with E-state index in [1.807, 2.05) is 6.92 Å². The molecule has 1 heterocycles. The summed E-state index contributed by atoms with van der Waals surface area (Å²) < 4.78 is 13.5. The normalized spacial score (nSPS) is 10.2. The molecule has 18 heavy (non-hydrogen) atoms. The van der Waals surface area contributed by atoms with Crippen molar-refractivity contribution >= 4 is 17.3 Å². The first-order chi connectivity index (χ1) is 8.72. The minimum Gasteiger partial charge on any atom is -0.338 e. The number of nitrogen functional groups attached to an aromatic ring is 1. The molecule has 6 heteroatoms. The molecule has 0 aliphatic rings. The van der Waals surface area contributed by atoms with Crippen LogP contribution in [0.15, 0.2) is 30.3 Å². The zero-order chi connectivity index (χ0) is 13.0. The van der Waals surface area contributed by atoms with E-state index in [1.165, 1.54) is 6.07 Å². The second-order valence-electron chi connectivity index (χ2n) is 3.66. The molecule has 0 amide bonds. The van der Waals surface area contributed by atoms with Gasteiger partial charge in [-0.1, -0.05) is 19.1 Å². The molecular weight excluding hydrogens is 233 g/mol. The fourth-order valence-electron chi connectivity index (χ4n) is 1.49. The van der Waals surface area contributed by atoms with Gasteiger partial charge >= 0.3 is 0 Å². The summed E-state index contributed by atoms with van der Waals surface area (Å²) in [6.07, 6.45) is 0.668. The monoisotopic (exact) mass is 247 g/mol. The Labute approximate surface area is 104 Å². The number of rotatable bonds is 4. The molecule has 94 valence electrons. The minimum atomic E-state index is -0.337. The predicted octanol–water partition coefficient (Wildman–Crippen LogP) is 2.21. The van der Waals surface area contributed by atoms with Gasteiger partial charge in [0.2, 0.25) is 0 Å². The van der Waals surface area contributed by atoms with E-state index in [0.29, 0.717) is 29.6 Å². The number of nitrogens with zero attached hydrogens (tertiary/aromatic N) is 2. The van der Waals surface area contributed by atoms with Gasteiger partial charge in [-0.3, -0.25) is 0 Å². The van der Waals surface area contributed by atoms with Gasteiger partial charge in [0.25, 0.3) is 0 Å². The van der Waals surface area contributed by atoms with Crippen molar-refractivity contribution in [2.45, 2.75) is 13.3 Å². The van der Waals surface area contributed by atoms with Crippen LogP contribution in [0.3, 0.4) is 0 Å². The fourth-order valence-corrected chi connectivity index (χ4v) is 1.49. The Morgan fingerprint density at radius 3 is 2.61 bits per heavy atom. The van der Waals surface area contributed by atoms with Crippen LogP contribution in [0, 0.1) is 5.82 Å². The Morgan fingerprint density at radius 2 is 1.94 bits per heavy atom. The van der Waals surface area contributed by atoms with Crippen LogP contribution in [-0.4, -0.2) is 9.97 Å². The maximum atomic E-state index is 13.5. The molecule has 1 aromatic carbocycles. The summed E-state index contributed by atoms with van der Waals surface area (Å²) in [7, 11) is 0. The molecule has 0 radical (unpaired) electrons. The van der Waals surface area contributed by atoms with Gasteiger partial charge in [-0.2, -0.15) is 0 Å². The first-order valence-corrected chi connectivity index (χ1v) is 5.59. The highest BCUT2D eigenvalue weighted by molar-refractivity contribution is 5.59. The lowest BCUT2D eigenvalue weighted by Crippen LogP contribution is -2.11. The Morgan fingerprint density at radius 1 is 1.22 bits per heavy atom. The Balaban J connectivity index is 2.31. The Hall–Kier alpha value is -2.21. The number of anilines is 3. The third-order valence-corrected chi connectivity index (χ3v) is 2.37. The van der Waals surface area contributed by atoms with Crippen molar-refractivity contribution in [3.05, 3.63) is 42.0 Å². The van der Waals surface area contributed by atoms with Crippen molar-refractivity contribution in [1.29, 1.82) is 0 Å². The first kappa shape index (κ1) is 12.3. The molecule has 0 aliphatic heterocycles. The van der Waals surface area contributed by atoms with Crippen molar-refractivity contribution in [1.82, 2.24) is 9.97 Å². The molecule has 0 fully saturated rings. The standard InChI is InChI=1S/C12H14FN5/c1-2-10-16-11(7-12(17-10)18-14)15-9-6-4-3-5-8(9)13/h3-7H,2,14H2,1H3,(H2,15,16,17,18). The summed E-state index contributed by atoms with van der Waals surface area (Å²) in [4.78, 5) is 8.41. The summed E-state index contributed by atoms with van der Waals surface area (Å²) in [6, 6.07) is 8.01. The Kier molecular flexibility index (Phi) is 3.69. The number of hydrogen-bond acceptors (Lipinski definition) is 5. The third-order valence-electron chi connectivity index (χ3n) is 2.37. The van der Waals surface area contributed by atoms with Crippen molar-refractivity contribution in [3.8, 4) is 0 Å². The van der Waals surface area contributed by atoms with Gasteiger partial charge in [0.1, 0.15) is 23.3 Å². The average molecular weight is 247 g/mol. The second-order valence-corrected chi connectivity index (χ2v) is 3.66. The molecular formula is C12H14FN5. The van der Waals surface area contributed by atoms with E-state index in [2.05, 4.69) is 20.7 Å². The molecule has 0 aliphatic carbocycles. The zero-order valence-corrected chi connectivity index (χ0v) is 9.94. The molecule has 2 rings (SSSR count). The average Bonchev–Trinajstić information content (AvgIpc) is 2.41. The number of para-hydroxylation sites is 1. The summed E-state index contributed by atoms with van der Waals surface area (Å²) in [5, 5.41) is 2.90. The molecule has 0 bridgehead atoms. The topological polar surface area (TPSA) is 75.9 Å². The highest BCUT2D eigenvalue weighted by Crippen LogP contribution is 2.19. The van der Waals surface area contributed by atoms with Crippen LogP contribution in [0.25, 0.3) is 0 Å². The number of hydrazine groups is 1. The number of aryl methyl sites for hydroxylation is 1. The maximum Gasteiger partial charge on any atom is 0.146 e. The van der Waals surface area contributed by atoms with E-state index >= 15 is 0 Å². The third kappa shape index (κ3) is 2.72. The van der Waals surface area contributed by atoms with Gasteiger partial charge in [-0.25, -0.2) is 20.2 Å².